The molecule has 3 aromatic rings. The van der Waals surface area contributed by atoms with E-state index in [9.17, 15) is 9.59 Å². The fourth-order valence-electron chi connectivity index (χ4n) is 3.27. The van der Waals surface area contributed by atoms with Crippen molar-refractivity contribution < 1.29 is 14.0 Å². The van der Waals surface area contributed by atoms with E-state index >= 15 is 0 Å². The summed E-state index contributed by atoms with van der Waals surface area (Å²) >= 11 is 0. The van der Waals surface area contributed by atoms with Crippen molar-refractivity contribution in [2.24, 2.45) is 5.92 Å². The number of imidazole rings is 1. The van der Waals surface area contributed by atoms with E-state index in [2.05, 4.69) is 15.6 Å². The summed E-state index contributed by atoms with van der Waals surface area (Å²) in [5.74, 6) is 0.983. The van der Waals surface area contributed by atoms with Gasteiger partial charge in [-0.2, -0.15) is 0 Å². The molecule has 3 heterocycles. The van der Waals surface area contributed by atoms with Crippen molar-refractivity contribution in [1.82, 2.24) is 14.9 Å². The average Bonchev–Trinajstić information content (AvgIpc) is 3.37. The van der Waals surface area contributed by atoms with Crippen LogP contribution in [0.1, 0.15) is 28.4 Å². The van der Waals surface area contributed by atoms with Crippen molar-refractivity contribution >= 4 is 17.5 Å². The minimum Gasteiger partial charge on any atom is -0.459 e. The Bertz CT molecular complexity index is 946. The summed E-state index contributed by atoms with van der Waals surface area (Å²) in [6.07, 6.45) is 6.78. The standard InChI is InChI=1S/C20H20N4O3/c25-19(15-6-7-18-21-8-9-24(18)13-15)22-12-14-3-1-4-16(11-14)23-20(26)17-5-2-10-27-17/h1-5,8-11,15H,6-7,12-13H2,(H,22,25)(H,23,26). The van der Waals surface area contributed by atoms with Crippen LogP contribution in [0, 0.1) is 5.92 Å². The zero-order chi connectivity index (χ0) is 18.6. The highest BCUT2D eigenvalue weighted by molar-refractivity contribution is 6.02. The first kappa shape index (κ1) is 17.1. The van der Waals surface area contributed by atoms with Crippen LogP contribution in [0.5, 0.6) is 0 Å². The number of aryl methyl sites for hydroxylation is 1. The first-order chi connectivity index (χ1) is 13.2. The maximum absolute atomic E-state index is 12.5. The number of rotatable bonds is 5. The predicted molar refractivity (Wildman–Crippen MR) is 99.0 cm³/mol. The van der Waals surface area contributed by atoms with Gasteiger partial charge < -0.3 is 19.6 Å². The quantitative estimate of drug-likeness (QED) is 0.728. The lowest BCUT2D eigenvalue weighted by Crippen LogP contribution is -2.35. The number of carbonyl (C=O) groups excluding carboxylic acids is 2. The predicted octanol–water partition coefficient (Wildman–Crippen LogP) is 2.61. The van der Waals surface area contributed by atoms with Crippen LogP contribution in [-0.2, 0) is 24.3 Å². The monoisotopic (exact) mass is 364 g/mol. The van der Waals surface area contributed by atoms with Gasteiger partial charge in [-0.3, -0.25) is 9.59 Å². The van der Waals surface area contributed by atoms with Gasteiger partial charge in [-0.05, 0) is 36.2 Å². The lowest BCUT2D eigenvalue weighted by atomic mass is 9.98. The summed E-state index contributed by atoms with van der Waals surface area (Å²) in [4.78, 5) is 28.8. The number of furan rings is 1. The maximum Gasteiger partial charge on any atom is 0.291 e. The summed E-state index contributed by atoms with van der Waals surface area (Å²) in [6.45, 7) is 1.08. The Morgan fingerprint density at radius 1 is 1.26 bits per heavy atom. The highest BCUT2D eigenvalue weighted by atomic mass is 16.3. The molecular weight excluding hydrogens is 344 g/mol. The molecule has 0 saturated carbocycles. The number of amides is 2. The molecule has 0 spiro atoms. The van der Waals surface area contributed by atoms with E-state index in [4.69, 9.17) is 4.42 Å². The molecule has 2 N–H and O–H groups in total. The second kappa shape index (κ2) is 7.49. The van der Waals surface area contributed by atoms with Gasteiger partial charge in [-0.15, -0.1) is 0 Å². The molecule has 1 atom stereocenters. The second-order valence-corrected chi connectivity index (χ2v) is 6.58. The molecule has 7 heteroatoms. The summed E-state index contributed by atoms with van der Waals surface area (Å²) in [5, 5.41) is 5.78. The lowest BCUT2D eigenvalue weighted by Gasteiger charge is -2.23. The van der Waals surface area contributed by atoms with Crippen molar-refractivity contribution in [2.75, 3.05) is 5.32 Å². The number of benzene rings is 1. The third kappa shape index (κ3) is 3.92. The molecular formula is C20H20N4O3. The molecule has 2 aromatic heterocycles. The molecule has 0 bridgehead atoms. The Morgan fingerprint density at radius 3 is 3.04 bits per heavy atom. The number of nitrogens with one attached hydrogen (secondary N) is 2. The molecule has 27 heavy (non-hydrogen) atoms. The minimum atomic E-state index is -0.306. The SMILES string of the molecule is O=C(Nc1cccc(CNC(=O)C2CCc3nccn3C2)c1)c1ccco1. The maximum atomic E-state index is 12.5. The number of aromatic nitrogens is 2. The Kier molecular flexibility index (Phi) is 4.74. The molecule has 0 saturated heterocycles. The topological polar surface area (TPSA) is 89.2 Å². The van der Waals surface area contributed by atoms with Crippen molar-refractivity contribution in [3.63, 3.8) is 0 Å². The first-order valence-electron chi connectivity index (χ1n) is 8.90. The van der Waals surface area contributed by atoms with Crippen molar-refractivity contribution in [1.29, 1.82) is 0 Å². The molecule has 0 aliphatic carbocycles. The summed E-state index contributed by atoms with van der Waals surface area (Å²) in [6, 6.07) is 10.7. The number of hydrogen-bond acceptors (Lipinski definition) is 4. The van der Waals surface area contributed by atoms with Gasteiger partial charge in [0.25, 0.3) is 5.91 Å². The molecule has 1 aliphatic heterocycles. The normalized spacial score (nSPS) is 15.8. The van der Waals surface area contributed by atoms with E-state index in [-0.39, 0.29) is 23.5 Å². The van der Waals surface area contributed by atoms with Gasteiger partial charge in [0.05, 0.1) is 12.2 Å². The third-order valence-electron chi connectivity index (χ3n) is 4.70. The fraction of sp³-hybridized carbons (Fsp3) is 0.250. The smallest absolute Gasteiger partial charge is 0.291 e. The van der Waals surface area contributed by atoms with E-state index in [0.717, 1.165) is 24.2 Å². The van der Waals surface area contributed by atoms with Gasteiger partial charge in [-0.25, -0.2) is 4.98 Å². The number of anilines is 1. The molecule has 0 radical (unpaired) electrons. The van der Waals surface area contributed by atoms with Gasteiger partial charge in [0.1, 0.15) is 5.82 Å². The van der Waals surface area contributed by atoms with Crippen LogP contribution in [0.2, 0.25) is 0 Å². The summed E-state index contributed by atoms with van der Waals surface area (Å²) in [7, 11) is 0. The Hall–Kier alpha value is -3.35. The Morgan fingerprint density at radius 2 is 2.19 bits per heavy atom. The number of nitrogens with zero attached hydrogens (tertiary/aromatic N) is 2. The highest BCUT2D eigenvalue weighted by Crippen LogP contribution is 2.19. The summed E-state index contributed by atoms with van der Waals surface area (Å²) < 4.78 is 7.13. The second-order valence-electron chi connectivity index (χ2n) is 6.58. The van der Waals surface area contributed by atoms with Crippen LogP contribution in [0.15, 0.2) is 59.5 Å². The largest absolute Gasteiger partial charge is 0.459 e. The minimum absolute atomic E-state index is 0.0411. The van der Waals surface area contributed by atoms with Crippen LogP contribution >= 0.6 is 0 Å². The van der Waals surface area contributed by atoms with Gasteiger partial charge in [0.15, 0.2) is 5.76 Å². The van der Waals surface area contributed by atoms with Gasteiger partial charge in [0, 0.05) is 37.6 Å². The van der Waals surface area contributed by atoms with E-state index in [1.165, 1.54) is 6.26 Å². The Labute approximate surface area is 156 Å². The van der Waals surface area contributed by atoms with Crippen molar-refractivity contribution in [2.45, 2.75) is 25.9 Å². The number of hydrogen-bond donors (Lipinski definition) is 2. The fourth-order valence-corrected chi connectivity index (χ4v) is 3.27. The van der Waals surface area contributed by atoms with Gasteiger partial charge >= 0.3 is 0 Å². The molecule has 7 nitrogen and oxygen atoms in total. The van der Waals surface area contributed by atoms with E-state index in [1.54, 1.807) is 24.4 Å². The first-order valence-corrected chi connectivity index (χ1v) is 8.90. The molecule has 138 valence electrons. The van der Waals surface area contributed by atoms with Crippen molar-refractivity contribution in [3.8, 4) is 0 Å². The molecule has 1 unspecified atom stereocenters. The van der Waals surface area contributed by atoms with Crippen LogP contribution in [0.25, 0.3) is 0 Å². The van der Waals surface area contributed by atoms with E-state index in [0.29, 0.717) is 18.8 Å². The van der Waals surface area contributed by atoms with Crippen LogP contribution < -0.4 is 10.6 Å². The Balaban J connectivity index is 1.33. The zero-order valence-corrected chi connectivity index (χ0v) is 14.7. The molecule has 0 fully saturated rings. The molecule has 1 aliphatic rings. The molecule has 2 amide bonds. The highest BCUT2D eigenvalue weighted by Gasteiger charge is 2.24. The number of fused-ring (bicyclic) bond motifs is 1. The lowest BCUT2D eigenvalue weighted by molar-refractivity contribution is -0.126. The van der Waals surface area contributed by atoms with E-state index < -0.39 is 0 Å². The van der Waals surface area contributed by atoms with Crippen LogP contribution in [0.4, 0.5) is 5.69 Å². The van der Waals surface area contributed by atoms with Gasteiger partial charge in [-0.1, -0.05) is 12.1 Å². The average molecular weight is 364 g/mol. The van der Waals surface area contributed by atoms with Crippen LogP contribution in [0.3, 0.4) is 0 Å². The van der Waals surface area contributed by atoms with Gasteiger partial charge in [0.2, 0.25) is 5.91 Å². The summed E-state index contributed by atoms with van der Waals surface area (Å²) in [5.41, 5.74) is 1.57. The molecule has 1 aromatic carbocycles. The molecule has 4 rings (SSSR count). The third-order valence-corrected chi connectivity index (χ3v) is 4.70. The van der Waals surface area contributed by atoms with Crippen molar-refractivity contribution in [3.05, 3.63) is 72.2 Å². The number of carbonyl (C=O) groups is 2. The van der Waals surface area contributed by atoms with Crippen LogP contribution in [-0.4, -0.2) is 21.4 Å². The van der Waals surface area contributed by atoms with E-state index in [1.807, 2.05) is 29.0 Å². The zero-order valence-electron chi connectivity index (χ0n) is 14.7.